The van der Waals surface area contributed by atoms with Crippen LogP contribution in [-0.2, 0) is 0 Å². The predicted octanol–water partition coefficient (Wildman–Crippen LogP) is -0.838. The minimum Gasteiger partial charge on any atom is -0.489 e. The Kier molecular flexibility index (Phi) is 2.36. The van der Waals surface area contributed by atoms with Gasteiger partial charge in [0.15, 0.2) is 5.82 Å². The highest BCUT2D eigenvalue weighted by molar-refractivity contribution is 5.49. The van der Waals surface area contributed by atoms with E-state index in [2.05, 4.69) is 20.6 Å². The largest absolute Gasteiger partial charge is 0.489 e. The highest BCUT2D eigenvalue weighted by Crippen LogP contribution is 2.16. The van der Waals surface area contributed by atoms with Gasteiger partial charge in [-0.2, -0.15) is 0 Å². The molecular weight excluding hydrogens is 184 g/mol. The van der Waals surface area contributed by atoms with Crippen molar-refractivity contribution in [2.45, 2.75) is 6.04 Å². The van der Waals surface area contributed by atoms with Crippen LogP contribution in [0, 0.1) is 0 Å². The Labute approximate surface area is 80.7 Å². The average molecular weight is 196 g/mol. The van der Waals surface area contributed by atoms with Gasteiger partial charge >= 0.3 is 0 Å². The van der Waals surface area contributed by atoms with Gasteiger partial charge in [-0.1, -0.05) is 0 Å². The zero-order valence-corrected chi connectivity index (χ0v) is 7.83. The monoisotopic (exact) mass is 196 g/mol. The molecule has 6 nitrogen and oxygen atoms in total. The second-order valence-electron chi connectivity index (χ2n) is 3.11. The van der Waals surface area contributed by atoms with Gasteiger partial charge in [0.1, 0.15) is 0 Å². The zero-order valence-electron chi connectivity index (χ0n) is 7.83. The maximum atomic E-state index is 11.3. The molecule has 6 heteroatoms. The summed E-state index contributed by atoms with van der Waals surface area (Å²) in [6, 6.07) is 0.332. The summed E-state index contributed by atoms with van der Waals surface area (Å²) >= 11 is 0. The Bertz CT molecular complexity index is 372. The number of anilines is 1. The van der Waals surface area contributed by atoms with E-state index in [9.17, 15) is 4.79 Å². The molecule has 1 aromatic rings. The van der Waals surface area contributed by atoms with E-state index in [0.29, 0.717) is 11.9 Å². The van der Waals surface area contributed by atoms with Gasteiger partial charge in [0.05, 0.1) is 19.5 Å². The molecule has 1 aromatic heterocycles. The first-order valence-corrected chi connectivity index (χ1v) is 4.40. The molecule has 0 bridgehead atoms. The lowest BCUT2D eigenvalue weighted by atomic mass is 10.2. The summed E-state index contributed by atoms with van der Waals surface area (Å²) in [5.74, 6) is 0.738. The van der Waals surface area contributed by atoms with Gasteiger partial charge in [0, 0.05) is 13.1 Å². The maximum Gasteiger partial charge on any atom is 0.295 e. The molecule has 2 heterocycles. The van der Waals surface area contributed by atoms with Crippen LogP contribution >= 0.6 is 0 Å². The van der Waals surface area contributed by atoms with Gasteiger partial charge < -0.3 is 20.4 Å². The van der Waals surface area contributed by atoms with Crippen LogP contribution in [0.5, 0.6) is 5.75 Å². The molecule has 2 rings (SSSR count). The second kappa shape index (κ2) is 3.67. The van der Waals surface area contributed by atoms with Crippen LogP contribution < -0.4 is 20.9 Å². The minimum absolute atomic E-state index is 0.236. The van der Waals surface area contributed by atoms with E-state index in [1.54, 1.807) is 0 Å². The first-order chi connectivity index (χ1) is 6.81. The van der Waals surface area contributed by atoms with Gasteiger partial charge in [-0.3, -0.25) is 4.79 Å². The number of nitrogens with zero attached hydrogens (tertiary/aromatic N) is 1. The molecule has 1 aliphatic heterocycles. The standard InChI is InChI=1S/C8H12N4O2/c1-14-6-7(10-4-11-8(6)13)12-5-2-9-3-5/h4-5,9H,2-3H2,1H3,(H2,10,11,12,13). The molecule has 0 amide bonds. The van der Waals surface area contributed by atoms with Crippen LogP contribution in [0.1, 0.15) is 0 Å². The third-order valence-electron chi connectivity index (χ3n) is 2.14. The molecule has 14 heavy (non-hydrogen) atoms. The lowest BCUT2D eigenvalue weighted by molar-refractivity contribution is 0.404. The molecule has 3 N–H and O–H groups in total. The van der Waals surface area contributed by atoms with Crippen molar-refractivity contribution in [1.82, 2.24) is 15.3 Å². The van der Waals surface area contributed by atoms with Crippen molar-refractivity contribution in [3.8, 4) is 5.75 Å². The van der Waals surface area contributed by atoms with Crippen LogP contribution in [0.3, 0.4) is 0 Å². The number of nitrogens with one attached hydrogen (secondary N) is 3. The maximum absolute atomic E-state index is 11.3. The molecule has 0 radical (unpaired) electrons. The van der Waals surface area contributed by atoms with E-state index >= 15 is 0 Å². The zero-order chi connectivity index (χ0) is 9.97. The number of hydrogen-bond donors (Lipinski definition) is 3. The van der Waals surface area contributed by atoms with Crippen LogP contribution in [0.4, 0.5) is 5.82 Å². The Morgan fingerprint density at radius 2 is 2.43 bits per heavy atom. The van der Waals surface area contributed by atoms with Crippen molar-refractivity contribution in [3.05, 3.63) is 16.7 Å². The van der Waals surface area contributed by atoms with Crippen molar-refractivity contribution < 1.29 is 4.74 Å². The molecule has 0 unspecified atom stereocenters. The SMILES string of the molecule is COc1c(NC2CNC2)nc[nH]c1=O. The van der Waals surface area contributed by atoms with Crippen molar-refractivity contribution in [3.63, 3.8) is 0 Å². The van der Waals surface area contributed by atoms with E-state index in [4.69, 9.17) is 4.74 Å². The Morgan fingerprint density at radius 1 is 1.64 bits per heavy atom. The number of hydrogen-bond acceptors (Lipinski definition) is 5. The molecule has 0 aromatic carbocycles. The fourth-order valence-corrected chi connectivity index (χ4v) is 1.26. The Balaban J connectivity index is 2.22. The number of ether oxygens (including phenoxy) is 1. The van der Waals surface area contributed by atoms with Crippen molar-refractivity contribution in [1.29, 1.82) is 0 Å². The highest BCUT2D eigenvalue weighted by atomic mass is 16.5. The molecule has 76 valence electrons. The van der Waals surface area contributed by atoms with Crippen LogP contribution in [0.15, 0.2) is 11.1 Å². The quantitative estimate of drug-likeness (QED) is 0.587. The van der Waals surface area contributed by atoms with Crippen molar-refractivity contribution in [2.75, 3.05) is 25.5 Å². The Morgan fingerprint density at radius 3 is 3.00 bits per heavy atom. The molecule has 0 atom stereocenters. The van der Waals surface area contributed by atoms with Crippen LogP contribution in [0.25, 0.3) is 0 Å². The number of rotatable bonds is 3. The Hall–Kier alpha value is -1.56. The van der Waals surface area contributed by atoms with E-state index in [0.717, 1.165) is 13.1 Å². The van der Waals surface area contributed by atoms with Crippen LogP contribution in [0.2, 0.25) is 0 Å². The number of aromatic amines is 1. The number of H-pyrrole nitrogens is 1. The first-order valence-electron chi connectivity index (χ1n) is 4.40. The van der Waals surface area contributed by atoms with E-state index in [1.807, 2.05) is 0 Å². The molecule has 1 fully saturated rings. The summed E-state index contributed by atoms with van der Waals surface area (Å²) in [4.78, 5) is 17.7. The molecule has 0 aliphatic carbocycles. The lowest BCUT2D eigenvalue weighted by Gasteiger charge is -2.28. The summed E-state index contributed by atoms with van der Waals surface area (Å²) in [6.45, 7) is 1.77. The summed E-state index contributed by atoms with van der Waals surface area (Å²) in [5.41, 5.74) is -0.266. The topological polar surface area (TPSA) is 79.0 Å². The van der Waals surface area contributed by atoms with Gasteiger partial charge in [0.2, 0.25) is 5.75 Å². The fourth-order valence-electron chi connectivity index (χ4n) is 1.26. The van der Waals surface area contributed by atoms with Gasteiger partial charge in [-0.25, -0.2) is 4.98 Å². The third-order valence-corrected chi connectivity index (χ3v) is 2.14. The average Bonchev–Trinajstić information content (AvgIpc) is 2.11. The summed E-state index contributed by atoms with van der Waals surface area (Å²) in [5, 5.41) is 6.24. The van der Waals surface area contributed by atoms with Crippen molar-refractivity contribution in [2.24, 2.45) is 0 Å². The van der Waals surface area contributed by atoms with Crippen molar-refractivity contribution >= 4 is 5.82 Å². The summed E-state index contributed by atoms with van der Waals surface area (Å²) in [6.07, 6.45) is 1.36. The normalized spacial score (nSPS) is 16.1. The number of methoxy groups -OCH3 is 1. The lowest BCUT2D eigenvalue weighted by Crippen LogP contribution is -2.51. The van der Waals surface area contributed by atoms with Crippen LogP contribution in [-0.4, -0.2) is 36.2 Å². The van der Waals surface area contributed by atoms with Gasteiger partial charge in [0.25, 0.3) is 5.56 Å². The molecular formula is C8H12N4O2. The predicted molar refractivity (Wildman–Crippen MR) is 51.7 cm³/mol. The molecule has 1 saturated heterocycles. The second-order valence-corrected chi connectivity index (χ2v) is 3.11. The molecule has 1 aliphatic rings. The number of aromatic nitrogens is 2. The first kappa shape index (κ1) is 9.01. The fraction of sp³-hybridized carbons (Fsp3) is 0.500. The smallest absolute Gasteiger partial charge is 0.295 e. The van der Waals surface area contributed by atoms with Gasteiger partial charge in [-0.05, 0) is 0 Å². The highest BCUT2D eigenvalue weighted by Gasteiger charge is 2.19. The van der Waals surface area contributed by atoms with E-state index in [-0.39, 0.29) is 11.3 Å². The van der Waals surface area contributed by atoms with E-state index < -0.39 is 0 Å². The molecule has 0 saturated carbocycles. The minimum atomic E-state index is -0.266. The van der Waals surface area contributed by atoms with E-state index in [1.165, 1.54) is 13.4 Å². The molecule has 0 spiro atoms. The van der Waals surface area contributed by atoms with Gasteiger partial charge in [-0.15, -0.1) is 0 Å². The third kappa shape index (κ3) is 1.56. The summed E-state index contributed by atoms with van der Waals surface area (Å²) < 4.78 is 4.96. The summed E-state index contributed by atoms with van der Waals surface area (Å²) in [7, 11) is 1.45.